The van der Waals surface area contributed by atoms with Crippen molar-refractivity contribution < 1.29 is 0 Å². The van der Waals surface area contributed by atoms with Crippen molar-refractivity contribution in [2.24, 2.45) is 0 Å². The van der Waals surface area contributed by atoms with Crippen LogP contribution < -0.4 is 9.80 Å². The van der Waals surface area contributed by atoms with Gasteiger partial charge in [0, 0.05) is 27.3 Å². The van der Waals surface area contributed by atoms with E-state index in [4.69, 9.17) is 0 Å². The third-order valence-corrected chi connectivity index (χ3v) is 12.4. The number of anilines is 6. The van der Waals surface area contributed by atoms with E-state index >= 15 is 0 Å². The molecule has 0 amide bonds. The highest BCUT2D eigenvalue weighted by atomic mass is 15.2. The summed E-state index contributed by atoms with van der Waals surface area (Å²) in [6.07, 6.45) is 0. The Morgan fingerprint density at radius 3 is 1.39 bits per heavy atom. The molecule has 0 saturated heterocycles. The first-order chi connectivity index (χ1) is 24.6. The summed E-state index contributed by atoms with van der Waals surface area (Å²) in [6.45, 7) is 14.4. The first kappa shape index (κ1) is 30.2. The number of hydrogen-bond donors (Lipinski definition) is 0. The topological polar surface area (TPSA) is 6.48 Å². The molecule has 0 unspecified atom stereocenters. The summed E-state index contributed by atoms with van der Waals surface area (Å²) in [5, 5.41) is 2.59. The quantitative estimate of drug-likeness (QED) is 0.182. The summed E-state index contributed by atoms with van der Waals surface area (Å²) in [6, 6.07) is 54.5. The highest BCUT2D eigenvalue weighted by Gasteiger charge is 2.44. The number of nitrogens with zero attached hydrogens (tertiary/aromatic N) is 2. The van der Waals surface area contributed by atoms with Gasteiger partial charge in [0.2, 0.25) is 0 Å². The molecule has 0 spiro atoms. The van der Waals surface area contributed by atoms with Gasteiger partial charge in [-0.2, -0.15) is 0 Å². The minimum atomic E-state index is -0.226. The third kappa shape index (κ3) is 3.94. The largest absolute Gasteiger partial charge is 0.310 e. The molecule has 0 aromatic heterocycles. The molecule has 2 heteroatoms. The van der Waals surface area contributed by atoms with Crippen molar-refractivity contribution in [3.05, 3.63) is 179 Å². The molecule has 0 radical (unpaired) electrons. The summed E-state index contributed by atoms with van der Waals surface area (Å²) in [7, 11) is 0. The van der Waals surface area contributed by atoms with Crippen LogP contribution in [-0.2, 0) is 16.2 Å². The van der Waals surface area contributed by atoms with Gasteiger partial charge >= 0.3 is 0 Å². The monoisotopic (exact) mass is 658 g/mol. The van der Waals surface area contributed by atoms with Crippen molar-refractivity contribution >= 4 is 44.9 Å². The molecule has 248 valence electrons. The molecule has 3 aliphatic rings. The highest BCUT2D eigenvalue weighted by molar-refractivity contribution is 6.11. The molecule has 0 bridgehead atoms. The Labute approximate surface area is 301 Å². The van der Waals surface area contributed by atoms with Gasteiger partial charge in [0.1, 0.15) is 0 Å². The van der Waals surface area contributed by atoms with Crippen molar-refractivity contribution in [1.29, 1.82) is 0 Å². The fraction of sp³-hybridized carbons (Fsp3) is 0.184. The molecule has 1 aliphatic carbocycles. The molecule has 0 fully saturated rings. The van der Waals surface area contributed by atoms with Gasteiger partial charge in [-0.1, -0.05) is 139 Å². The number of fused-ring (bicyclic) bond motifs is 9. The number of hydrogen-bond acceptors (Lipinski definition) is 2. The smallest absolute Gasteiger partial charge is 0.0543 e. The van der Waals surface area contributed by atoms with Crippen LogP contribution in [0, 0.1) is 0 Å². The molecular formula is C49H42N2. The van der Waals surface area contributed by atoms with Crippen LogP contribution in [0.3, 0.4) is 0 Å². The zero-order valence-electron chi connectivity index (χ0n) is 30.3. The average Bonchev–Trinajstić information content (AvgIpc) is 3.37. The van der Waals surface area contributed by atoms with E-state index in [9.17, 15) is 0 Å². The molecule has 0 N–H and O–H groups in total. The van der Waals surface area contributed by atoms with Crippen LogP contribution in [0.4, 0.5) is 34.1 Å². The van der Waals surface area contributed by atoms with Gasteiger partial charge in [-0.25, -0.2) is 0 Å². The Morgan fingerprint density at radius 1 is 0.333 bits per heavy atom. The molecule has 0 atom stereocenters. The number of rotatable bonds is 2. The predicted octanol–water partition coefficient (Wildman–Crippen LogP) is 13.4. The van der Waals surface area contributed by atoms with Gasteiger partial charge in [0.05, 0.1) is 28.4 Å². The van der Waals surface area contributed by atoms with Crippen LogP contribution in [0.5, 0.6) is 0 Å². The zero-order valence-corrected chi connectivity index (χ0v) is 30.3. The molecule has 7 aromatic carbocycles. The van der Waals surface area contributed by atoms with Gasteiger partial charge < -0.3 is 9.80 Å². The number of benzene rings is 7. The predicted molar refractivity (Wildman–Crippen MR) is 215 cm³/mol. The SMILES string of the molecule is CC1(C)c2ccccc2N(c2ccccc2)c2cc3c(cc21)-c1c(cc(N2c4ccccc4C(C)(C)c4ccccc42)c2ccccc12)C3(C)C. The van der Waals surface area contributed by atoms with Gasteiger partial charge in [0.15, 0.2) is 0 Å². The maximum absolute atomic E-state index is 2.55. The van der Waals surface area contributed by atoms with Gasteiger partial charge in [0.25, 0.3) is 0 Å². The highest BCUT2D eigenvalue weighted by Crippen LogP contribution is 2.61. The summed E-state index contributed by atoms with van der Waals surface area (Å²) < 4.78 is 0. The van der Waals surface area contributed by atoms with Crippen LogP contribution >= 0.6 is 0 Å². The van der Waals surface area contributed by atoms with Crippen LogP contribution in [0.15, 0.2) is 146 Å². The van der Waals surface area contributed by atoms with Crippen LogP contribution in [-0.4, -0.2) is 0 Å². The first-order valence-electron chi connectivity index (χ1n) is 18.3. The van der Waals surface area contributed by atoms with E-state index in [1.807, 2.05) is 0 Å². The lowest BCUT2D eigenvalue weighted by Crippen LogP contribution is -2.31. The first-order valence-corrected chi connectivity index (χ1v) is 18.3. The fourth-order valence-corrected chi connectivity index (χ4v) is 9.72. The fourth-order valence-electron chi connectivity index (χ4n) is 9.72. The molecular weight excluding hydrogens is 617 g/mol. The van der Waals surface area contributed by atoms with Crippen LogP contribution in [0.1, 0.15) is 74.9 Å². The lowest BCUT2D eigenvalue weighted by atomic mass is 9.72. The van der Waals surface area contributed by atoms with Crippen molar-refractivity contribution in [1.82, 2.24) is 0 Å². The molecule has 2 aliphatic heterocycles. The van der Waals surface area contributed by atoms with E-state index in [0.29, 0.717) is 0 Å². The average molecular weight is 659 g/mol. The van der Waals surface area contributed by atoms with Crippen molar-refractivity contribution in [2.75, 3.05) is 9.80 Å². The van der Waals surface area contributed by atoms with E-state index in [1.54, 1.807) is 0 Å². The van der Waals surface area contributed by atoms with E-state index in [2.05, 4.69) is 197 Å². The lowest BCUT2D eigenvalue weighted by Gasteiger charge is -2.43. The van der Waals surface area contributed by atoms with Gasteiger partial charge in [-0.15, -0.1) is 0 Å². The maximum atomic E-state index is 2.55. The van der Waals surface area contributed by atoms with E-state index in [1.165, 1.54) is 89.4 Å². The molecule has 10 rings (SSSR count). The standard InChI is InChI=1S/C49H42N2/c1-47(2)36-23-13-16-26-42(36)51(43-27-17-14-24-37(43)47)44-30-40-46(33-21-11-10-20-32(33)44)34-28-39-45(29-38(34)49(40,5)6)50(31-18-8-7-9-19-31)41-25-15-12-22-35(41)48(39,3)4/h7-30H,1-6H3. The second-order valence-corrected chi connectivity index (χ2v) is 16.2. The summed E-state index contributed by atoms with van der Waals surface area (Å²) in [4.78, 5) is 5.03. The van der Waals surface area contributed by atoms with E-state index in [-0.39, 0.29) is 16.2 Å². The Bertz CT molecular complexity index is 2520. The van der Waals surface area contributed by atoms with Gasteiger partial charge in [-0.3, -0.25) is 0 Å². The Kier molecular flexibility index (Phi) is 6.07. The van der Waals surface area contributed by atoms with E-state index in [0.717, 1.165) is 0 Å². The van der Waals surface area contributed by atoms with Crippen LogP contribution in [0.2, 0.25) is 0 Å². The minimum absolute atomic E-state index is 0.111. The Hall–Kier alpha value is -5.60. The van der Waals surface area contributed by atoms with Gasteiger partial charge in [-0.05, 0) is 98.4 Å². The maximum Gasteiger partial charge on any atom is 0.0543 e. The van der Waals surface area contributed by atoms with Crippen molar-refractivity contribution in [3.63, 3.8) is 0 Å². The van der Waals surface area contributed by atoms with Crippen LogP contribution in [0.25, 0.3) is 21.9 Å². The second kappa shape index (κ2) is 10.2. The summed E-state index contributed by atoms with van der Waals surface area (Å²) in [5.74, 6) is 0. The summed E-state index contributed by atoms with van der Waals surface area (Å²) in [5.41, 5.74) is 17.9. The Balaban J connectivity index is 1.26. The normalized spacial score (nSPS) is 16.8. The third-order valence-electron chi connectivity index (χ3n) is 12.4. The second-order valence-electron chi connectivity index (χ2n) is 16.2. The molecule has 0 saturated carbocycles. The number of para-hydroxylation sites is 4. The zero-order chi connectivity index (χ0) is 34.9. The van der Waals surface area contributed by atoms with E-state index < -0.39 is 0 Å². The minimum Gasteiger partial charge on any atom is -0.310 e. The van der Waals surface area contributed by atoms with Crippen molar-refractivity contribution in [3.8, 4) is 11.1 Å². The molecule has 2 nitrogen and oxygen atoms in total. The van der Waals surface area contributed by atoms with Crippen molar-refractivity contribution in [2.45, 2.75) is 57.8 Å². The molecule has 7 aromatic rings. The summed E-state index contributed by atoms with van der Waals surface area (Å²) >= 11 is 0. The molecule has 51 heavy (non-hydrogen) atoms. The Morgan fingerprint density at radius 2 is 0.784 bits per heavy atom. The lowest BCUT2D eigenvalue weighted by molar-refractivity contribution is 0.627. The molecule has 2 heterocycles.